The Morgan fingerprint density at radius 2 is 1.42 bits per heavy atom. The predicted molar refractivity (Wildman–Crippen MR) is 144 cm³/mol. The fourth-order valence-electron chi connectivity index (χ4n) is 4.56. The number of aromatic nitrogens is 3. The lowest BCUT2D eigenvalue weighted by atomic mass is 10.1. The highest BCUT2D eigenvalue weighted by atomic mass is 35.5. The van der Waals surface area contributed by atoms with E-state index < -0.39 is 0 Å². The van der Waals surface area contributed by atoms with Crippen molar-refractivity contribution < 1.29 is 9.59 Å². The molecule has 0 fully saturated rings. The zero-order valence-corrected chi connectivity index (χ0v) is 21.1. The summed E-state index contributed by atoms with van der Waals surface area (Å²) >= 11 is 18.3. The van der Waals surface area contributed by atoms with Crippen LogP contribution in [0.4, 0.5) is 0 Å². The quantitative estimate of drug-likeness (QED) is 0.179. The van der Waals surface area contributed by atoms with Gasteiger partial charge < -0.3 is 4.57 Å². The minimum atomic E-state index is -0.381. The van der Waals surface area contributed by atoms with Gasteiger partial charge in [-0.05, 0) is 60.7 Å². The second-order valence-electron chi connectivity index (χ2n) is 8.48. The highest BCUT2D eigenvalue weighted by Gasteiger charge is 2.34. The van der Waals surface area contributed by atoms with Gasteiger partial charge in [0.2, 0.25) is 0 Å². The number of aryl methyl sites for hydroxylation is 1. The van der Waals surface area contributed by atoms with Crippen molar-refractivity contribution in [2.24, 2.45) is 7.05 Å². The molecule has 5 aromatic rings. The van der Waals surface area contributed by atoms with E-state index in [1.54, 1.807) is 6.08 Å². The Hall–Kier alpha value is -3.64. The number of carbonyl (C=O) groups is 2. The van der Waals surface area contributed by atoms with E-state index in [-0.39, 0.29) is 38.3 Å². The van der Waals surface area contributed by atoms with Crippen molar-refractivity contribution in [3.8, 4) is 17.1 Å². The van der Waals surface area contributed by atoms with Crippen molar-refractivity contribution in [1.82, 2.24) is 14.1 Å². The Morgan fingerprint density at radius 3 is 2.03 bits per heavy atom. The van der Waals surface area contributed by atoms with E-state index in [1.807, 2.05) is 76.8 Å². The molecule has 0 bridgehead atoms. The lowest BCUT2D eigenvalue weighted by molar-refractivity contribution is 0.0990. The molecule has 0 atom stereocenters. The maximum atomic E-state index is 13.2. The molecule has 0 spiro atoms. The Labute approximate surface area is 221 Å². The highest BCUT2D eigenvalue weighted by molar-refractivity contribution is 6.46. The molecule has 0 amide bonds. The number of halogens is 3. The van der Waals surface area contributed by atoms with Gasteiger partial charge in [-0.2, -0.15) is 0 Å². The van der Waals surface area contributed by atoms with Gasteiger partial charge in [0.1, 0.15) is 5.82 Å². The molecule has 5 nitrogen and oxygen atoms in total. The molecule has 176 valence electrons. The smallest absolute Gasteiger partial charge is 0.197 e. The van der Waals surface area contributed by atoms with Gasteiger partial charge in [-0.25, -0.2) is 4.98 Å². The molecule has 0 N–H and O–H groups in total. The fraction of sp³-hybridized carbons (Fsp3) is 0.0357. The Kier molecular flexibility index (Phi) is 5.38. The molecule has 1 aliphatic rings. The molecule has 6 rings (SSSR count). The number of imidazole rings is 1. The van der Waals surface area contributed by atoms with Crippen LogP contribution in [0.3, 0.4) is 0 Å². The van der Waals surface area contributed by atoms with E-state index in [2.05, 4.69) is 0 Å². The number of nitrogens with zero attached hydrogens (tertiary/aromatic N) is 3. The standard InChI is InChI=1S/C28H16Cl3N3O2/c1-33-24-12-18(11-21-25(35)19-13-22(30)23(31)14-20(19)26(21)36)34(17-5-3-2-4-6-17)28(24)32-27(33)15-7-9-16(29)10-8-15/h2-14H,1H3. The van der Waals surface area contributed by atoms with Crippen molar-refractivity contribution in [3.63, 3.8) is 0 Å². The first-order valence-electron chi connectivity index (χ1n) is 11.0. The monoisotopic (exact) mass is 531 g/mol. The summed E-state index contributed by atoms with van der Waals surface area (Å²) in [4.78, 5) is 31.3. The summed E-state index contributed by atoms with van der Waals surface area (Å²) in [5.41, 5.74) is 4.53. The van der Waals surface area contributed by atoms with Gasteiger partial charge in [0.25, 0.3) is 0 Å². The van der Waals surface area contributed by atoms with Crippen LogP contribution in [0.1, 0.15) is 26.4 Å². The summed E-state index contributed by atoms with van der Waals surface area (Å²) in [7, 11) is 1.93. The van der Waals surface area contributed by atoms with Crippen molar-refractivity contribution in [2.45, 2.75) is 0 Å². The highest BCUT2D eigenvalue weighted by Crippen LogP contribution is 2.36. The van der Waals surface area contributed by atoms with E-state index >= 15 is 0 Å². The lowest BCUT2D eigenvalue weighted by Gasteiger charge is -2.08. The average Bonchev–Trinajstić information content (AvgIpc) is 3.46. The normalized spacial score (nSPS) is 13.1. The number of rotatable bonds is 3. The van der Waals surface area contributed by atoms with Crippen molar-refractivity contribution in [3.05, 3.63) is 110 Å². The van der Waals surface area contributed by atoms with Crippen LogP contribution in [0, 0.1) is 0 Å². The third-order valence-electron chi connectivity index (χ3n) is 6.32. The first-order chi connectivity index (χ1) is 17.3. The molecule has 0 unspecified atom stereocenters. The SMILES string of the molecule is Cn1c(-c2ccc(Cl)cc2)nc2c1cc(C=C1C(=O)c3cc(Cl)c(Cl)cc3C1=O)n2-c1ccccc1. The summed E-state index contributed by atoms with van der Waals surface area (Å²) in [5, 5.41) is 1.11. The second-order valence-corrected chi connectivity index (χ2v) is 9.73. The predicted octanol–water partition coefficient (Wildman–Crippen LogP) is 7.45. The largest absolute Gasteiger partial charge is 0.326 e. The molecule has 0 radical (unpaired) electrons. The van der Waals surface area contributed by atoms with E-state index in [9.17, 15) is 9.59 Å². The summed E-state index contributed by atoms with van der Waals surface area (Å²) in [5.74, 6) is 0.00625. The Bertz CT molecular complexity index is 1700. The van der Waals surface area contributed by atoms with Crippen LogP contribution in [-0.2, 0) is 7.05 Å². The number of ketones is 2. The molecule has 1 aliphatic carbocycles. The molecule has 0 saturated carbocycles. The van der Waals surface area contributed by atoms with E-state index in [0.717, 1.165) is 22.6 Å². The molecule has 0 aliphatic heterocycles. The zero-order valence-electron chi connectivity index (χ0n) is 18.8. The van der Waals surface area contributed by atoms with Gasteiger partial charge >= 0.3 is 0 Å². The fourth-order valence-corrected chi connectivity index (χ4v) is 5.01. The van der Waals surface area contributed by atoms with Crippen LogP contribution < -0.4 is 0 Å². The number of hydrogen-bond donors (Lipinski definition) is 0. The minimum Gasteiger partial charge on any atom is -0.326 e. The molecule has 2 heterocycles. The average molecular weight is 533 g/mol. The van der Waals surface area contributed by atoms with Gasteiger partial charge in [0.05, 0.1) is 26.8 Å². The van der Waals surface area contributed by atoms with Crippen LogP contribution in [-0.4, -0.2) is 25.7 Å². The number of hydrogen-bond acceptors (Lipinski definition) is 3. The van der Waals surface area contributed by atoms with Crippen molar-refractivity contribution >= 4 is 63.6 Å². The van der Waals surface area contributed by atoms with Crippen LogP contribution in [0.2, 0.25) is 15.1 Å². The topological polar surface area (TPSA) is 56.9 Å². The summed E-state index contributed by atoms with van der Waals surface area (Å²) in [6.07, 6.45) is 1.61. The number of fused-ring (bicyclic) bond motifs is 2. The van der Waals surface area contributed by atoms with Gasteiger partial charge in [0.15, 0.2) is 17.2 Å². The Morgan fingerprint density at radius 1 is 0.806 bits per heavy atom. The maximum absolute atomic E-state index is 13.2. The molecule has 36 heavy (non-hydrogen) atoms. The van der Waals surface area contributed by atoms with Crippen molar-refractivity contribution in [2.75, 3.05) is 0 Å². The third-order valence-corrected chi connectivity index (χ3v) is 7.30. The van der Waals surface area contributed by atoms with E-state index in [1.165, 1.54) is 12.1 Å². The van der Waals surface area contributed by atoms with Gasteiger partial charge in [-0.1, -0.05) is 53.0 Å². The van der Waals surface area contributed by atoms with Gasteiger partial charge in [-0.15, -0.1) is 0 Å². The number of carbonyl (C=O) groups excluding carboxylic acids is 2. The number of para-hydroxylation sites is 1. The molecule has 0 saturated heterocycles. The first-order valence-corrected chi connectivity index (χ1v) is 12.2. The minimum absolute atomic E-state index is 0.0567. The molecule has 8 heteroatoms. The number of allylic oxidation sites excluding steroid dienone is 1. The first kappa shape index (κ1) is 22.8. The maximum Gasteiger partial charge on any atom is 0.197 e. The van der Waals surface area contributed by atoms with Crippen LogP contribution in [0.5, 0.6) is 0 Å². The van der Waals surface area contributed by atoms with E-state index in [0.29, 0.717) is 16.4 Å². The number of Topliss-reactive ketones (excluding diaryl/α,β-unsaturated/α-hetero) is 2. The third kappa shape index (κ3) is 3.51. The number of benzene rings is 3. The van der Waals surface area contributed by atoms with Gasteiger partial charge in [0, 0.05) is 34.4 Å². The van der Waals surface area contributed by atoms with Crippen LogP contribution in [0.25, 0.3) is 34.3 Å². The Balaban J connectivity index is 1.56. The summed E-state index contributed by atoms with van der Waals surface area (Å²) in [6.45, 7) is 0. The second kappa shape index (κ2) is 8.49. The van der Waals surface area contributed by atoms with Crippen LogP contribution in [0.15, 0.2) is 78.4 Å². The lowest BCUT2D eigenvalue weighted by Crippen LogP contribution is -2.03. The van der Waals surface area contributed by atoms with Crippen LogP contribution >= 0.6 is 34.8 Å². The van der Waals surface area contributed by atoms with E-state index in [4.69, 9.17) is 39.8 Å². The van der Waals surface area contributed by atoms with Gasteiger partial charge in [-0.3, -0.25) is 14.2 Å². The summed E-state index contributed by atoms with van der Waals surface area (Å²) < 4.78 is 3.91. The molecule has 2 aromatic heterocycles. The van der Waals surface area contributed by atoms with Crippen molar-refractivity contribution in [1.29, 1.82) is 0 Å². The molecular formula is C28H16Cl3N3O2. The zero-order chi connectivity index (χ0) is 25.1. The summed E-state index contributed by atoms with van der Waals surface area (Å²) in [6, 6.07) is 22.0. The molecule has 3 aromatic carbocycles. The molecular weight excluding hydrogens is 517 g/mol.